The highest BCUT2D eigenvalue weighted by Gasteiger charge is 2.21. The average Bonchev–Trinajstić information content (AvgIpc) is 2.39. The first-order valence-corrected chi connectivity index (χ1v) is 8.15. The lowest BCUT2D eigenvalue weighted by Gasteiger charge is -2.12. The van der Waals surface area contributed by atoms with Crippen molar-refractivity contribution in [3.8, 4) is 5.75 Å². The van der Waals surface area contributed by atoms with Crippen LogP contribution >= 0.6 is 11.6 Å². The largest absolute Gasteiger partial charge is 0.377 e. The zero-order valence-electron chi connectivity index (χ0n) is 12.0. The van der Waals surface area contributed by atoms with Crippen LogP contribution in [0, 0.1) is 6.92 Å². The fourth-order valence-electron chi connectivity index (χ4n) is 1.80. The molecule has 5 nitrogen and oxygen atoms in total. The predicted molar refractivity (Wildman–Crippen MR) is 84.7 cm³/mol. The molecule has 0 saturated carbocycles. The minimum absolute atomic E-state index is 0.0225. The van der Waals surface area contributed by atoms with E-state index in [2.05, 4.69) is 5.32 Å². The second-order valence-electron chi connectivity index (χ2n) is 4.65. The van der Waals surface area contributed by atoms with E-state index in [1.54, 1.807) is 31.2 Å². The van der Waals surface area contributed by atoms with E-state index >= 15 is 0 Å². The number of carbonyl (C=O) groups excluding carboxylic acids is 1. The monoisotopic (exact) mass is 339 g/mol. The number of para-hydroxylation sites is 2. The van der Waals surface area contributed by atoms with Crippen LogP contribution in [0.4, 0.5) is 5.69 Å². The van der Waals surface area contributed by atoms with Crippen LogP contribution in [0.5, 0.6) is 5.75 Å². The minimum atomic E-state index is -4.10. The van der Waals surface area contributed by atoms with Crippen molar-refractivity contribution in [2.45, 2.75) is 18.7 Å². The Labute approximate surface area is 134 Å². The SMILES string of the molecule is CC(=O)Nc1ccccc1OS(=O)(=O)c1ccc(C)cc1Cl. The molecule has 0 heterocycles. The molecule has 0 aromatic heterocycles. The summed E-state index contributed by atoms with van der Waals surface area (Å²) < 4.78 is 29.8. The number of anilines is 1. The molecule has 0 aliphatic rings. The van der Waals surface area contributed by atoms with Crippen molar-refractivity contribution in [2.24, 2.45) is 0 Å². The molecule has 1 N–H and O–H groups in total. The van der Waals surface area contributed by atoms with Gasteiger partial charge in [0.05, 0.1) is 10.7 Å². The summed E-state index contributed by atoms with van der Waals surface area (Å²) in [5.41, 5.74) is 1.10. The van der Waals surface area contributed by atoms with Gasteiger partial charge in [0.15, 0.2) is 5.75 Å². The van der Waals surface area contributed by atoms with Gasteiger partial charge in [-0.2, -0.15) is 8.42 Å². The Hall–Kier alpha value is -2.05. The second kappa shape index (κ2) is 6.37. The van der Waals surface area contributed by atoms with Gasteiger partial charge < -0.3 is 9.50 Å². The molecule has 0 aliphatic carbocycles. The number of carbonyl (C=O) groups is 1. The third-order valence-corrected chi connectivity index (χ3v) is 4.47. The predicted octanol–water partition coefficient (Wildman–Crippen LogP) is 3.37. The molecule has 22 heavy (non-hydrogen) atoms. The van der Waals surface area contributed by atoms with Gasteiger partial charge in [-0.25, -0.2) is 0 Å². The maximum Gasteiger partial charge on any atom is 0.340 e. The summed E-state index contributed by atoms with van der Waals surface area (Å²) >= 11 is 5.98. The van der Waals surface area contributed by atoms with Gasteiger partial charge in [-0.3, -0.25) is 4.79 Å². The van der Waals surface area contributed by atoms with Crippen LogP contribution in [0.3, 0.4) is 0 Å². The van der Waals surface area contributed by atoms with E-state index in [4.69, 9.17) is 15.8 Å². The maximum atomic E-state index is 12.4. The molecule has 0 saturated heterocycles. The number of hydrogen-bond acceptors (Lipinski definition) is 4. The van der Waals surface area contributed by atoms with Crippen LogP contribution in [0.2, 0.25) is 5.02 Å². The lowest BCUT2D eigenvalue weighted by atomic mass is 10.2. The standard InChI is InChI=1S/C15H14ClNO4S/c1-10-7-8-15(12(16)9-10)22(19,20)21-14-6-4-3-5-13(14)17-11(2)18/h3-9H,1-2H3,(H,17,18). The molecule has 0 aliphatic heterocycles. The van der Waals surface area contributed by atoms with Gasteiger partial charge in [0.2, 0.25) is 5.91 Å². The summed E-state index contributed by atoms with van der Waals surface area (Å²) in [7, 11) is -4.10. The lowest BCUT2D eigenvalue weighted by Crippen LogP contribution is -2.13. The Bertz CT molecular complexity index is 818. The van der Waals surface area contributed by atoms with Crippen molar-refractivity contribution < 1.29 is 17.4 Å². The van der Waals surface area contributed by atoms with Crippen LogP contribution in [0.15, 0.2) is 47.4 Å². The van der Waals surface area contributed by atoms with E-state index < -0.39 is 10.1 Å². The second-order valence-corrected chi connectivity index (χ2v) is 6.57. The molecular weight excluding hydrogens is 326 g/mol. The topological polar surface area (TPSA) is 72.5 Å². The van der Waals surface area contributed by atoms with Crippen molar-refractivity contribution >= 4 is 33.3 Å². The van der Waals surface area contributed by atoms with Gasteiger partial charge in [-0.15, -0.1) is 0 Å². The zero-order chi connectivity index (χ0) is 16.3. The number of aryl methyl sites for hydroxylation is 1. The first kappa shape index (κ1) is 16.3. The van der Waals surface area contributed by atoms with Gasteiger partial charge in [-0.1, -0.05) is 29.8 Å². The summed E-state index contributed by atoms with van der Waals surface area (Å²) in [6.07, 6.45) is 0. The smallest absolute Gasteiger partial charge is 0.340 e. The number of nitrogens with one attached hydrogen (secondary N) is 1. The summed E-state index contributed by atoms with van der Waals surface area (Å²) in [6, 6.07) is 10.8. The molecule has 0 unspecified atom stereocenters. The summed E-state index contributed by atoms with van der Waals surface area (Å²) in [4.78, 5) is 11.0. The van der Waals surface area contributed by atoms with Crippen LogP contribution in [-0.4, -0.2) is 14.3 Å². The third-order valence-electron chi connectivity index (χ3n) is 2.75. The molecule has 2 aromatic carbocycles. The molecule has 0 spiro atoms. The van der Waals surface area contributed by atoms with E-state index in [9.17, 15) is 13.2 Å². The molecule has 0 radical (unpaired) electrons. The summed E-state index contributed by atoms with van der Waals surface area (Å²) in [5, 5.41) is 2.59. The lowest BCUT2D eigenvalue weighted by molar-refractivity contribution is -0.114. The van der Waals surface area contributed by atoms with Crippen molar-refractivity contribution in [1.29, 1.82) is 0 Å². The van der Waals surface area contributed by atoms with E-state index in [1.807, 2.05) is 0 Å². The highest BCUT2D eigenvalue weighted by molar-refractivity contribution is 7.87. The number of benzene rings is 2. The van der Waals surface area contributed by atoms with E-state index in [-0.39, 0.29) is 27.3 Å². The molecule has 1 amide bonds. The molecule has 0 bridgehead atoms. The molecule has 0 fully saturated rings. The Morgan fingerprint density at radius 1 is 1.18 bits per heavy atom. The molecule has 7 heteroatoms. The summed E-state index contributed by atoms with van der Waals surface area (Å²) in [5.74, 6) is -0.309. The minimum Gasteiger partial charge on any atom is -0.377 e. The van der Waals surface area contributed by atoms with E-state index in [1.165, 1.54) is 25.1 Å². The number of halogens is 1. The molecular formula is C15H14ClNO4S. The quantitative estimate of drug-likeness (QED) is 0.867. The average molecular weight is 340 g/mol. The number of amides is 1. The Kier molecular flexibility index (Phi) is 4.73. The first-order chi connectivity index (χ1) is 10.3. The van der Waals surface area contributed by atoms with Gasteiger partial charge >= 0.3 is 10.1 Å². The molecule has 116 valence electrons. The third kappa shape index (κ3) is 3.78. The van der Waals surface area contributed by atoms with Crippen LogP contribution < -0.4 is 9.50 Å². The molecule has 0 atom stereocenters. The van der Waals surface area contributed by atoms with Gasteiger partial charge in [0.25, 0.3) is 0 Å². The first-order valence-electron chi connectivity index (χ1n) is 6.37. The van der Waals surface area contributed by atoms with Crippen molar-refractivity contribution in [2.75, 3.05) is 5.32 Å². The highest BCUT2D eigenvalue weighted by atomic mass is 35.5. The van der Waals surface area contributed by atoms with Crippen molar-refractivity contribution in [1.82, 2.24) is 0 Å². The Morgan fingerprint density at radius 2 is 1.86 bits per heavy atom. The van der Waals surface area contributed by atoms with Crippen LogP contribution in [-0.2, 0) is 14.9 Å². The van der Waals surface area contributed by atoms with Gasteiger partial charge in [-0.05, 0) is 36.8 Å². The summed E-state index contributed by atoms with van der Waals surface area (Å²) in [6.45, 7) is 3.12. The van der Waals surface area contributed by atoms with E-state index in [0.29, 0.717) is 0 Å². The van der Waals surface area contributed by atoms with Gasteiger partial charge in [0, 0.05) is 6.92 Å². The normalized spacial score (nSPS) is 11.0. The van der Waals surface area contributed by atoms with Crippen molar-refractivity contribution in [3.05, 3.63) is 53.1 Å². The Morgan fingerprint density at radius 3 is 2.50 bits per heavy atom. The highest BCUT2D eigenvalue weighted by Crippen LogP contribution is 2.30. The maximum absolute atomic E-state index is 12.4. The van der Waals surface area contributed by atoms with Crippen LogP contribution in [0.25, 0.3) is 0 Å². The fraction of sp³-hybridized carbons (Fsp3) is 0.133. The Balaban J connectivity index is 2.39. The zero-order valence-corrected chi connectivity index (χ0v) is 13.5. The van der Waals surface area contributed by atoms with Crippen LogP contribution in [0.1, 0.15) is 12.5 Å². The number of rotatable bonds is 4. The molecule has 2 rings (SSSR count). The van der Waals surface area contributed by atoms with Gasteiger partial charge in [0.1, 0.15) is 4.90 Å². The van der Waals surface area contributed by atoms with E-state index in [0.717, 1.165) is 5.56 Å². The van der Waals surface area contributed by atoms with Crippen molar-refractivity contribution in [3.63, 3.8) is 0 Å². The fourth-order valence-corrected chi connectivity index (χ4v) is 3.33. The number of hydrogen-bond donors (Lipinski definition) is 1. The molecule has 2 aromatic rings.